The van der Waals surface area contributed by atoms with Crippen LogP contribution < -0.4 is 11.1 Å². The van der Waals surface area contributed by atoms with Crippen LogP contribution in [0.2, 0.25) is 0 Å². The third kappa shape index (κ3) is 3.08. The fourth-order valence-electron chi connectivity index (χ4n) is 2.17. The first-order valence-corrected chi connectivity index (χ1v) is 6.66. The second kappa shape index (κ2) is 6.38. The minimum absolute atomic E-state index is 0.000907. The quantitative estimate of drug-likeness (QED) is 0.877. The fourth-order valence-corrected chi connectivity index (χ4v) is 2.17. The molecule has 1 atom stereocenters. The Kier molecular flexibility index (Phi) is 5.09. The second-order valence-corrected chi connectivity index (χ2v) is 5.18. The minimum atomic E-state index is -0.736. The Morgan fingerprint density at radius 1 is 1.50 bits per heavy atom. The summed E-state index contributed by atoms with van der Waals surface area (Å²) in [6, 6.07) is 2.62. The summed E-state index contributed by atoms with van der Waals surface area (Å²) in [6.07, 6.45) is 0.691. The number of urea groups is 1. The largest absolute Gasteiger partial charge is 0.351 e. The van der Waals surface area contributed by atoms with Crippen molar-refractivity contribution in [2.24, 2.45) is 5.73 Å². The Morgan fingerprint density at radius 2 is 2.10 bits per heavy atom. The first-order chi connectivity index (χ1) is 9.33. The molecule has 0 saturated heterocycles. The number of halogens is 1. The van der Waals surface area contributed by atoms with Crippen LogP contribution in [-0.2, 0) is 0 Å². The lowest BCUT2D eigenvalue weighted by atomic mass is 9.88. The van der Waals surface area contributed by atoms with Crippen LogP contribution in [0.4, 0.5) is 14.9 Å². The summed E-state index contributed by atoms with van der Waals surface area (Å²) in [5, 5.41) is 11.6. The summed E-state index contributed by atoms with van der Waals surface area (Å²) in [5.74, 6) is -0.662. The molecule has 0 fully saturated rings. The Balaban J connectivity index is 3.69. The van der Waals surface area contributed by atoms with Crippen LogP contribution in [0.25, 0.3) is 0 Å². The van der Waals surface area contributed by atoms with Gasteiger partial charge in [0.05, 0.1) is 11.3 Å². The molecule has 0 radical (unpaired) electrons. The lowest BCUT2D eigenvalue weighted by Gasteiger charge is -2.22. The number of nitrogens with zero attached hydrogens (tertiary/aromatic N) is 1. The highest BCUT2D eigenvalue weighted by molar-refractivity contribution is 5.90. The molecule has 0 heterocycles. The number of rotatable bonds is 4. The zero-order chi connectivity index (χ0) is 15.4. The van der Waals surface area contributed by atoms with E-state index in [-0.39, 0.29) is 17.4 Å². The normalized spacial score (nSPS) is 12.1. The van der Waals surface area contributed by atoms with Crippen molar-refractivity contribution in [3.05, 3.63) is 28.6 Å². The van der Waals surface area contributed by atoms with Crippen molar-refractivity contribution >= 4 is 11.7 Å². The SMILES string of the molecule is CCC(C)c1c(F)c(C#N)cc(C(C)C)c1NC(N)=O. The fraction of sp³-hybridized carbons (Fsp3) is 0.467. The Hall–Kier alpha value is -2.09. The lowest BCUT2D eigenvalue weighted by molar-refractivity contribution is 0.259. The smallest absolute Gasteiger partial charge is 0.316 e. The molecular formula is C15H20FN3O. The number of carbonyl (C=O) groups is 1. The third-order valence-corrected chi connectivity index (χ3v) is 3.43. The molecule has 1 aromatic carbocycles. The van der Waals surface area contributed by atoms with Crippen LogP contribution in [0.15, 0.2) is 6.07 Å². The number of amides is 2. The van der Waals surface area contributed by atoms with E-state index in [0.29, 0.717) is 17.7 Å². The number of hydrogen-bond acceptors (Lipinski definition) is 2. The van der Waals surface area contributed by atoms with E-state index >= 15 is 0 Å². The molecule has 1 unspecified atom stereocenters. The molecule has 5 heteroatoms. The van der Waals surface area contributed by atoms with Gasteiger partial charge in [0.25, 0.3) is 0 Å². The Bertz CT molecular complexity index is 561. The van der Waals surface area contributed by atoms with Crippen LogP contribution in [0.5, 0.6) is 0 Å². The van der Waals surface area contributed by atoms with E-state index in [0.717, 1.165) is 5.56 Å². The third-order valence-electron chi connectivity index (χ3n) is 3.43. The Labute approximate surface area is 118 Å². The second-order valence-electron chi connectivity index (χ2n) is 5.18. The van der Waals surface area contributed by atoms with E-state index in [1.165, 1.54) is 6.07 Å². The summed E-state index contributed by atoms with van der Waals surface area (Å²) in [5.41, 5.74) is 6.66. The summed E-state index contributed by atoms with van der Waals surface area (Å²) >= 11 is 0. The highest BCUT2D eigenvalue weighted by Crippen LogP contribution is 2.37. The zero-order valence-corrected chi connectivity index (χ0v) is 12.2. The van der Waals surface area contributed by atoms with Crippen LogP contribution in [0.3, 0.4) is 0 Å². The van der Waals surface area contributed by atoms with Gasteiger partial charge in [-0.15, -0.1) is 0 Å². The molecule has 3 N–H and O–H groups in total. The van der Waals surface area contributed by atoms with Crippen LogP contribution in [-0.4, -0.2) is 6.03 Å². The number of primary amides is 1. The zero-order valence-electron chi connectivity index (χ0n) is 12.2. The molecule has 0 spiro atoms. The molecule has 0 saturated carbocycles. The van der Waals surface area contributed by atoms with Crippen LogP contribution in [0, 0.1) is 17.1 Å². The summed E-state index contributed by atoms with van der Waals surface area (Å²) in [4.78, 5) is 11.2. The molecule has 0 aromatic heterocycles. The van der Waals surface area contributed by atoms with Gasteiger partial charge in [0.1, 0.15) is 11.9 Å². The first-order valence-electron chi connectivity index (χ1n) is 6.66. The average molecular weight is 277 g/mol. The lowest BCUT2D eigenvalue weighted by Crippen LogP contribution is -2.23. The van der Waals surface area contributed by atoms with Gasteiger partial charge >= 0.3 is 6.03 Å². The Morgan fingerprint density at radius 3 is 2.50 bits per heavy atom. The van der Waals surface area contributed by atoms with E-state index in [1.54, 1.807) is 0 Å². The number of benzene rings is 1. The van der Waals surface area contributed by atoms with Crippen LogP contribution in [0.1, 0.15) is 62.6 Å². The van der Waals surface area contributed by atoms with Gasteiger partial charge in [0.2, 0.25) is 0 Å². The van der Waals surface area contributed by atoms with Crippen molar-refractivity contribution in [2.45, 2.75) is 46.0 Å². The maximum atomic E-state index is 14.5. The first kappa shape index (κ1) is 16.0. The maximum Gasteiger partial charge on any atom is 0.316 e. The van der Waals surface area contributed by atoms with E-state index < -0.39 is 11.8 Å². The molecule has 20 heavy (non-hydrogen) atoms. The molecule has 0 aliphatic carbocycles. The number of nitriles is 1. The van der Waals surface area contributed by atoms with E-state index in [9.17, 15) is 9.18 Å². The van der Waals surface area contributed by atoms with E-state index in [2.05, 4.69) is 5.32 Å². The van der Waals surface area contributed by atoms with Gasteiger partial charge in [0.15, 0.2) is 0 Å². The molecule has 0 aliphatic rings. The molecular weight excluding hydrogens is 257 g/mol. The standard InChI is InChI=1S/C15H20FN3O/c1-5-9(4)12-13(16)10(7-17)6-11(8(2)3)14(12)19-15(18)20/h6,8-9H,5H2,1-4H3,(H3,18,19,20). The molecule has 1 rings (SSSR count). The van der Waals surface area contributed by atoms with Gasteiger partial charge in [-0.1, -0.05) is 27.7 Å². The molecule has 2 amide bonds. The number of nitrogens with one attached hydrogen (secondary N) is 1. The number of carbonyl (C=O) groups excluding carboxylic acids is 1. The van der Waals surface area contributed by atoms with Gasteiger partial charge in [-0.3, -0.25) is 0 Å². The van der Waals surface area contributed by atoms with Gasteiger partial charge in [-0.2, -0.15) is 5.26 Å². The van der Waals surface area contributed by atoms with Crippen molar-refractivity contribution in [2.75, 3.05) is 5.32 Å². The number of anilines is 1. The number of hydrogen-bond donors (Lipinski definition) is 2. The van der Waals surface area contributed by atoms with Crippen molar-refractivity contribution in [3.63, 3.8) is 0 Å². The van der Waals surface area contributed by atoms with Gasteiger partial charge < -0.3 is 11.1 Å². The summed E-state index contributed by atoms with van der Waals surface area (Å²) in [7, 11) is 0. The molecule has 108 valence electrons. The molecule has 1 aromatic rings. The molecule has 0 aliphatic heterocycles. The van der Waals surface area contributed by atoms with E-state index in [1.807, 2.05) is 33.8 Å². The predicted octanol–water partition coefficient (Wildman–Crippen LogP) is 3.82. The molecule has 4 nitrogen and oxygen atoms in total. The average Bonchev–Trinajstić information content (AvgIpc) is 2.37. The monoisotopic (exact) mass is 277 g/mol. The topological polar surface area (TPSA) is 78.9 Å². The maximum absolute atomic E-state index is 14.5. The highest BCUT2D eigenvalue weighted by atomic mass is 19.1. The van der Waals surface area contributed by atoms with Crippen LogP contribution >= 0.6 is 0 Å². The highest BCUT2D eigenvalue weighted by Gasteiger charge is 2.23. The number of nitrogens with two attached hydrogens (primary N) is 1. The summed E-state index contributed by atoms with van der Waals surface area (Å²) < 4.78 is 14.5. The minimum Gasteiger partial charge on any atom is -0.351 e. The van der Waals surface area contributed by atoms with Crippen molar-refractivity contribution < 1.29 is 9.18 Å². The van der Waals surface area contributed by atoms with Crippen molar-refractivity contribution in [1.29, 1.82) is 5.26 Å². The van der Waals surface area contributed by atoms with Crippen molar-refractivity contribution in [1.82, 2.24) is 0 Å². The van der Waals surface area contributed by atoms with Crippen molar-refractivity contribution in [3.8, 4) is 6.07 Å². The summed E-state index contributed by atoms with van der Waals surface area (Å²) in [6.45, 7) is 7.62. The van der Waals surface area contributed by atoms with Gasteiger partial charge in [-0.05, 0) is 29.9 Å². The molecule has 0 bridgehead atoms. The van der Waals surface area contributed by atoms with Gasteiger partial charge in [0, 0.05) is 5.56 Å². The van der Waals surface area contributed by atoms with E-state index in [4.69, 9.17) is 11.0 Å². The predicted molar refractivity (Wildman–Crippen MR) is 77.1 cm³/mol. The van der Waals surface area contributed by atoms with Gasteiger partial charge in [-0.25, -0.2) is 9.18 Å².